The first kappa shape index (κ1) is 12.8. The van der Waals surface area contributed by atoms with E-state index in [9.17, 15) is 0 Å². The smallest absolute Gasteiger partial charge is 0.237 e. The first-order valence-electron chi connectivity index (χ1n) is 5.60. The molecule has 1 rings (SSSR count). The lowest BCUT2D eigenvalue weighted by atomic mass is 10.4. The number of likely N-dealkylation sites (N-methyl/N-ethyl adjacent to an activating group) is 1. The Bertz CT molecular complexity index is 313. The molecule has 90 valence electrons. The first-order valence-corrected chi connectivity index (χ1v) is 5.60. The third-order valence-corrected chi connectivity index (χ3v) is 1.99. The van der Waals surface area contributed by atoms with Gasteiger partial charge in [-0.25, -0.2) is 4.98 Å². The molecule has 4 heteroatoms. The fourth-order valence-corrected chi connectivity index (χ4v) is 1.26. The molecule has 0 aliphatic rings. The Kier molecular flexibility index (Phi) is 5.05. The third-order valence-electron chi connectivity index (χ3n) is 1.99. The van der Waals surface area contributed by atoms with Crippen LogP contribution in [0, 0.1) is 0 Å². The van der Waals surface area contributed by atoms with Gasteiger partial charge < -0.3 is 15.0 Å². The molecule has 0 atom stereocenters. The fraction of sp³-hybridized carbons (Fsp3) is 0.583. The van der Waals surface area contributed by atoms with Crippen LogP contribution in [0.25, 0.3) is 0 Å². The van der Waals surface area contributed by atoms with Crippen LogP contribution in [0.5, 0.6) is 5.88 Å². The zero-order valence-corrected chi connectivity index (χ0v) is 10.5. The molecular formula is C12H21N3O. The highest BCUT2D eigenvalue weighted by molar-refractivity contribution is 5.52. The first-order chi connectivity index (χ1) is 7.59. The van der Waals surface area contributed by atoms with Crippen LogP contribution in [-0.4, -0.2) is 43.2 Å². The average molecular weight is 223 g/mol. The maximum atomic E-state index is 5.62. The second kappa shape index (κ2) is 6.33. The number of anilines is 1. The monoisotopic (exact) mass is 223 g/mol. The van der Waals surface area contributed by atoms with Crippen molar-refractivity contribution in [3.8, 4) is 5.88 Å². The minimum absolute atomic E-state index is 0.143. The van der Waals surface area contributed by atoms with Crippen molar-refractivity contribution in [3.63, 3.8) is 0 Å². The standard InChI is InChI=1S/C12H21N3O/c1-10(2)16-12-11(6-5-7-14-12)13-8-9-15(3)4/h5-7,10,13H,8-9H2,1-4H3. The molecule has 4 nitrogen and oxygen atoms in total. The summed E-state index contributed by atoms with van der Waals surface area (Å²) >= 11 is 0. The van der Waals surface area contributed by atoms with Gasteiger partial charge in [0.1, 0.15) is 0 Å². The molecule has 16 heavy (non-hydrogen) atoms. The Balaban J connectivity index is 2.56. The van der Waals surface area contributed by atoms with E-state index in [-0.39, 0.29) is 6.10 Å². The number of pyridine rings is 1. The van der Waals surface area contributed by atoms with Gasteiger partial charge in [0.15, 0.2) is 0 Å². The van der Waals surface area contributed by atoms with Crippen LogP contribution in [0.4, 0.5) is 5.69 Å². The normalized spacial score (nSPS) is 10.9. The molecule has 1 heterocycles. The van der Waals surface area contributed by atoms with Gasteiger partial charge in [-0.05, 0) is 40.1 Å². The lowest BCUT2D eigenvalue weighted by molar-refractivity contribution is 0.234. The highest BCUT2D eigenvalue weighted by Gasteiger charge is 2.05. The summed E-state index contributed by atoms with van der Waals surface area (Å²) in [6.07, 6.45) is 1.89. The van der Waals surface area contributed by atoms with E-state index in [0.717, 1.165) is 18.8 Å². The number of nitrogens with zero attached hydrogens (tertiary/aromatic N) is 2. The molecule has 0 saturated heterocycles. The molecule has 0 amide bonds. The quantitative estimate of drug-likeness (QED) is 0.798. The van der Waals surface area contributed by atoms with Crippen LogP contribution in [0.2, 0.25) is 0 Å². The van der Waals surface area contributed by atoms with E-state index in [1.54, 1.807) is 6.20 Å². The zero-order chi connectivity index (χ0) is 12.0. The summed E-state index contributed by atoms with van der Waals surface area (Å²) < 4.78 is 5.62. The van der Waals surface area contributed by atoms with Crippen molar-refractivity contribution >= 4 is 5.69 Å². The van der Waals surface area contributed by atoms with Gasteiger partial charge in [-0.3, -0.25) is 0 Å². The molecule has 1 aromatic heterocycles. The molecule has 0 bridgehead atoms. The largest absolute Gasteiger partial charge is 0.473 e. The Morgan fingerprint density at radius 3 is 2.81 bits per heavy atom. The van der Waals surface area contributed by atoms with E-state index in [4.69, 9.17) is 4.74 Å². The summed E-state index contributed by atoms with van der Waals surface area (Å²) in [5.41, 5.74) is 0.957. The van der Waals surface area contributed by atoms with Crippen LogP contribution in [0.1, 0.15) is 13.8 Å². The van der Waals surface area contributed by atoms with Gasteiger partial charge >= 0.3 is 0 Å². The van der Waals surface area contributed by atoms with Gasteiger partial charge in [-0.2, -0.15) is 0 Å². The molecule has 0 unspecified atom stereocenters. The van der Waals surface area contributed by atoms with Crippen molar-refractivity contribution in [3.05, 3.63) is 18.3 Å². The predicted octanol–water partition coefficient (Wildman–Crippen LogP) is 1.84. The maximum absolute atomic E-state index is 5.62. The van der Waals surface area contributed by atoms with E-state index in [1.165, 1.54) is 0 Å². The molecule has 1 aromatic rings. The van der Waals surface area contributed by atoms with Crippen molar-refractivity contribution in [2.75, 3.05) is 32.5 Å². The molecule has 0 spiro atoms. The van der Waals surface area contributed by atoms with E-state index >= 15 is 0 Å². The second-order valence-corrected chi connectivity index (χ2v) is 4.25. The second-order valence-electron chi connectivity index (χ2n) is 4.25. The highest BCUT2D eigenvalue weighted by Crippen LogP contribution is 2.21. The van der Waals surface area contributed by atoms with Crippen LogP contribution in [0.15, 0.2) is 18.3 Å². The number of nitrogens with one attached hydrogen (secondary N) is 1. The summed E-state index contributed by atoms with van der Waals surface area (Å²) in [5.74, 6) is 0.677. The lowest BCUT2D eigenvalue weighted by Gasteiger charge is -2.15. The van der Waals surface area contributed by atoms with Gasteiger partial charge in [0.25, 0.3) is 0 Å². The van der Waals surface area contributed by atoms with Gasteiger partial charge in [-0.15, -0.1) is 0 Å². The third kappa shape index (κ3) is 4.49. The van der Waals surface area contributed by atoms with Crippen molar-refractivity contribution in [2.24, 2.45) is 0 Å². The zero-order valence-electron chi connectivity index (χ0n) is 10.5. The molecular weight excluding hydrogens is 202 g/mol. The number of ether oxygens (including phenoxy) is 1. The van der Waals surface area contributed by atoms with Crippen molar-refractivity contribution in [1.29, 1.82) is 0 Å². The molecule has 0 aliphatic heterocycles. The SMILES string of the molecule is CC(C)Oc1ncccc1NCCN(C)C. The minimum Gasteiger partial charge on any atom is -0.473 e. The molecule has 0 saturated carbocycles. The highest BCUT2D eigenvalue weighted by atomic mass is 16.5. The molecule has 0 aromatic carbocycles. The number of hydrogen-bond acceptors (Lipinski definition) is 4. The van der Waals surface area contributed by atoms with Crippen LogP contribution in [-0.2, 0) is 0 Å². The topological polar surface area (TPSA) is 37.4 Å². The summed E-state index contributed by atoms with van der Waals surface area (Å²) in [6.45, 7) is 5.86. The Labute approximate surface area is 97.6 Å². The number of aromatic nitrogens is 1. The van der Waals surface area contributed by atoms with Crippen LogP contribution < -0.4 is 10.1 Å². The Hall–Kier alpha value is -1.29. The summed E-state index contributed by atoms with van der Waals surface area (Å²) in [4.78, 5) is 6.35. The lowest BCUT2D eigenvalue weighted by Crippen LogP contribution is -2.21. The van der Waals surface area contributed by atoms with Crippen molar-refractivity contribution in [2.45, 2.75) is 20.0 Å². The van der Waals surface area contributed by atoms with E-state index in [2.05, 4.69) is 29.3 Å². The Morgan fingerprint density at radius 2 is 2.19 bits per heavy atom. The number of hydrogen-bond donors (Lipinski definition) is 1. The van der Waals surface area contributed by atoms with E-state index < -0.39 is 0 Å². The van der Waals surface area contributed by atoms with E-state index in [0.29, 0.717) is 5.88 Å². The van der Waals surface area contributed by atoms with E-state index in [1.807, 2.05) is 26.0 Å². The fourth-order valence-electron chi connectivity index (χ4n) is 1.26. The molecule has 1 N–H and O–H groups in total. The van der Waals surface area contributed by atoms with Gasteiger partial charge in [0, 0.05) is 19.3 Å². The van der Waals surface area contributed by atoms with Gasteiger partial charge in [-0.1, -0.05) is 0 Å². The molecule has 0 aliphatic carbocycles. The molecule has 0 fully saturated rings. The summed E-state index contributed by atoms with van der Waals surface area (Å²) in [6, 6.07) is 3.89. The number of rotatable bonds is 6. The minimum atomic E-state index is 0.143. The Morgan fingerprint density at radius 1 is 1.44 bits per heavy atom. The van der Waals surface area contributed by atoms with Crippen LogP contribution in [0.3, 0.4) is 0 Å². The maximum Gasteiger partial charge on any atom is 0.237 e. The van der Waals surface area contributed by atoms with Crippen molar-refractivity contribution in [1.82, 2.24) is 9.88 Å². The molecule has 0 radical (unpaired) electrons. The van der Waals surface area contributed by atoms with Crippen LogP contribution >= 0.6 is 0 Å². The summed E-state index contributed by atoms with van der Waals surface area (Å²) in [7, 11) is 4.10. The average Bonchev–Trinajstić information content (AvgIpc) is 2.19. The van der Waals surface area contributed by atoms with Gasteiger partial charge in [0.05, 0.1) is 11.8 Å². The predicted molar refractivity (Wildman–Crippen MR) is 67.0 cm³/mol. The summed E-state index contributed by atoms with van der Waals surface area (Å²) in [5, 5.41) is 3.32. The van der Waals surface area contributed by atoms with Gasteiger partial charge in [0.2, 0.25) is 5.88 Å². The van der Waals surface area contributed by atoms with Crippen molar-refractivity contribution < 1.29 is 4.74 Å².